The maximum Gasteiger partial charge on any atom is 0.244 e. The summed E-state index contributed by atoms with van der Waals surface area (Å²) in [6.07, 6.45) is 6.68. The predicted octanol–water partition coefficient (Wildman–Crippen LogP) is 3.41. The van der Waals surface area contributed by atoms with Gasteiger partial charge in [0.15, 0.2) is 0 Å². The molecule has 0 saturated heterocycles. The minimum absolute atomic E-state index is 0.207. The molecule has 2 N–H and O–H groups in total. The van der Waals surface area contributed by atoms with Gasteiger partial charge in [-0.05, 0) is 49.3 Å². The second-order valence-corrected chi connectivity index (χ2v) is 6.39. The van der Waals surface area contributed by atoms with E-state index in [1.54, 1.807) is 12.1 Å². The molecule has 1 aliphatic carbocycles. The van der Waals surface area contributed by atoms with Gasteiger partial charge in [0, 0.05) is 17.6 Å². The van der Waals surface area contributed by atoms with Gasteiger partial charge in [0.1, 0.15) is 0 Å². The number of rotatable bonds is 4. The second kappa shape index (κ2) is 7.10. The molecule has 1 fully saturated rings. The summed E-state index contributed by atoms with van der Waals surface area (Å²) in [6.45, 7) is 2.51. The van der Waals surface area contributed by atoms with Crippen LogP contribution in [-0.4, -0.2) is 23.2 Å². The molecule has 0 unspecified atom stereocenters. The van der Waals surface area contributed by atoms with Crippen LogP contribution in [0.4, 0.5) is 0 Å². The molecule has 0 aromatic heterocycles. The second-order valence-electron chi connectivity index (χ2n) is 5.98. The number of carbonyl (C=O) groups is 1. The molecule has 21 heavy (non-hydrogen) atoms. The maximum atomic E-state index is 11.8. The van der Waals surface area contributed by atoms with Crippen molar-refractivity contribution in [1.82, 2.24) is 5.32 Å². The van der Waals surface area contributed by atoms with Crippen LogP contribution in [0.2, 0.25) is 5.02 Å². The smallest absolute Gasteiger partial charge is 0.244 e. The molecule has 2 rings (SSSR count). The van der Waals surface area contributed by atoms with E-state index in [0.717, 1.165) is 31.2 Å². The normalized spacial score (nSPS) is 26.0. The van der Waals surface area contributed by atoms with Crippen LogP contribution in [0, 0.1) is 5.92 Å². The first-order chi connectivity index (χ1) is 9.98. The van der Waals surface area contributed by atoms with Crippen molar-refractivity contribution in [3.05, 3.63) is 40.9 Å². The van der Waals surface area contributed by atoms with E-state index in [-0.39, 0.29) is 5.91 Å². The monoisotopic (exact) mass is 307 g/mol. The third-order valence-electron chi connectivity index (χ3n) is 4.12. The molecule has 1 aliphatic rings. The molecule has 1 saturated carbocycles. The van der Waals surface area contributed by atoms with Crippen molar-refractivity contribution in [1.29, 1.82) is 0 Å². The highest BCUT2D eigenvalue weighted by atomic mass is 35.5. The summed E-state index contributed by atoms with van der Waals surface area (Å²) in [4.78, 5) is 11.8. The lowest BCUT2D eigenvalue weighted by atomic mass is 9.79. The number of hydrogen-bond acceptors (Lipinski definition) is 2. The first-order valence-electron chi connectivity index (χ1n) is 7.41. The van der Waals surface area contributed by atoms with Crippen LogP contribution < -0.4 is 5.32 Å². The molecule has 3 nitrogen and oxygen atoms in total. The Hall–Kier alpha value is -1.32. The summed E-state index contributed by atoms with van der Waals surface area (Å²) < 4.78 is 0. The molecule has 0 spiro atoms. The largest absolute Gasteiger partial charge is 0.388 e. The Balaban J connectivity index is 1.84. The summed E-state index contributed by atoms with van der Waals surface area (Å²) in [5.74, 6) is 0.461. The molecule has 0 atom stereocenters. The van der Waals surface area contributed by atoms with Crippen molar-refractivity contribution in [2.24, 2.45) is 5.92 Å². The van der Waals surface area contributed by atoms with Crippen molar-refractivity contribution in [2.45, 2.75) is 38.2 Å². The summed E-state index contributed by atoms with van der Waals surface area (Å²) >= 11 is 6.02. The Morgan fingerprint density at radius 3 is 2.76 bits per heavy atom. The molecule has 0 aliphatic heterocycles. The van der Waals surface area contributed by atoms with Crippen LogP contribution in [0.15, 0.2) is 30.3 Å². The molecule has 114 valence electrons. The van der Waals surface area contributed by atoms with Crippen LogP contribution >= 0.6 is 11.6 Å². The average molecular weight is 308 g/mol. The zero-order chi connectivity index (χ0) is 15.3. The van der Waals surface area contributed by atoms with Gasteiger partial charge in [-0.25, -0.2) is 0 Å². The van der Waals surface area contributed by atoms with E-state index in [9.17, 15) is 9.90 Å². The molecule has 0 heterocycles. The van der Waals surface area contributed by atoms with Gasteiger partial charge in [-0.3, -0.25) is 4.79 Å². The third kappa shape index (κ3) is 4.87. The summed E-state index contributed by atoms with van der Waals surface area (Å²) in [5.41, 5.74) is 0.0555. The predicted molar refractivity (Wildman–Crippen MR) is 86.1 cm³/mol. The van der Waals surface area contributed by atoms with Gasteiger partial charge in [0.2, 0.25) is 5.91 Å². The number of amides is 1. The van der Waals surface area contributed by atoms with E-state index in [1.807, 2.05) is 18.2 Å². The fourth-order valence-electron chi connectivity index (χ4n) is 2.56. The minimum atomic E-state index is -0.750. The van der Waals surface area contributed by atoms with Crippen LogP contribution in [0.1, 0.15) is 38.2 Å². The highest BCUT2D eigenvalue weighted by molar-refractivity contribution is 6.32. The number of hydrogen-bond donors (Lipinski definition) is 2. The summed E-state index contributed by atoms with van der Waals surface area (Å²) in [6, 6.07) is 7.35. The van der Waals surface area contributed by atoms with Gasteiger partial charge in [0.05, 0.1) is 5.60 Å². The Kier molecular flexibility index (Phi) is 5.43. The molecule has 1 aromatic carbocycles. The Morgan fingerprint density at radius 1 is 1.43 bits per heavy atom. The van der Waals surface area contributed by atoms with Crippen LogP contribution in [0.5, 0.6) is 0 Å². The van der Waals surface area contributed by atoms with Crippen molar-refractivity contribution in [3.8, 4) is 0 Å². The quantitative estimate of drug-likeness (QED) is 0.838. The Morgan fingerprint density at radius 2 is 2.10 bits per heavy atom. The van der Waals surface area contributed by atoms with Crippen molar-refractivity contribution >= 4 is 23.6 Å². The van der Waals surface area contributed by atoms with Crippen LogP contribution in [-0.2, 0) is 4.79 Å². The highest BCUT2D eigenvalue weighted by Crippen LogP contribution is 2.31. The minimum Gasteiger partial charge on any atom is -0.388 e. The average Bonchev–Trinajstić information content (AvgIpc) is 2.48. The maximum absolute atomic E-state index is 11.8. The van der Waals surface area contributed by atoms with Gasteiger partial charge in [0.25, 0.3) is 0 Å². The fraction of sp³-hybridized carbons (Fsp3) is 0.471. The van der Waals surface area contributed by atoms with Gasteiger partial charge in [-0.2, -0.15) is 0 Å². The molecule has 1 amide bonds. The number of halogens is 1. The molecular formula is C17H22ClNO2. The molecule has 0 radical (unpaired) electrons. The van der Waals surface area contributed by atoms with Crippen molar-refractivity contribution in [3.63, 3.8) is 0 Å². The first-order valence-corrected chi connectivity index (χ1v) is 7.79. The number of aliphatic hydroxyl groups is 1. The molecule has 0 bridgehead atoms. The van der Waals surface area contributed by atoms with E-state index in [1.165, 1.54) is 6.08 Å². The third-order valence-corrected chi connectivity index (χ3v) is 4.46. The summed E-state index contributed by atoms with van der Waals surface area (Å²) in [5, 5.41) is 13.8. The molecular weight excluding hydrogens is 286 g/mol. The number of carbonyl (C=O) groups excluding carboxylic acids is 1. The van der Waals surface area contributed by atoms with Crippen molar-refractivity contribution < 1.29 is 9.90 Å². The highest BCUT2D eigenvalue weighted by Gasteiger charge is 2.31. The van der Waals surface area contributed by atoms with E-state index in [2.05, 4.69) is 12.2 Å². The van der Waals surface area contributed by atoms with Gasteiger partial charge < -0.3 is 10.4 Å². The molecule has 1 aromatic rings. The number of nitrogens with one attached hydrogen (secondary N) is 1. The zero-order valence-electron chi connectivity index (χ0n) is 12.3. The lowest BCUT2D eigenvalue weighted by Gasteiger charge is -2.34. The Bertz CT molecular complexity index is 519. The fourth-order valence-corrected chi connectivity index (χ4v) is 2.76. The van der Waals surface area contributed by atoms with E-state index in [4.69, 9.17) is 11.6 Å². The number of benzene rings is 1. The first kappa shape index (κ1) is 16.1. The van der Waals surface area contributed by atoms with E-state index in [0.29, 0.717) is 17.5 Å². The van der Waals surface area contributed by atoms with Gasteiger partial charge in [-0.1, -0.05) is 36.7 Å². The van der Waals surface area contributed by atoms with E-state index >= 15 is 0 Å². The summed E-state index contributed by atoms with van der Waals surface area (Å²) in [7, 11) is 0. The zero-order valence-corrected chi connectivity index (χ0v) is 13.1. The topological polar surface area (TPSA) is 49.3 Å². The lowest BCUT2D eigenvalue weighted by molar-refractivity contribution is -0.118. The van der Waals surface area contributed by atoms with Crippen LogP contribution in [0.3, 0.4) is 0 Å². The van der Waals surface area contributed by atoms with E-state index < -0.39 is 5.60 Å². The standard InChI is InChI=1S/C17H22ClNO2/c1-13-8-10-17(21,11-9-13)12-19-16(20)7-6-14-4-2-3-5-15(14)18/h2-7,13,21H,8-12H2,1H3,(H,19,20). The van der Waals surface area contributed by atoms with Gasteiger partial charge >= 0.3 is 0 Å². The van der Waals surface area contributed by atoms with Crippen LogP contribution in [0.25, 0.3) is 6.08 Å². The van der Waals surface area contributed by atoms with Gasteiger partial charge in [-0.15, -0.1) is 0 Å². The lowest BCUT2D eigenvalue weighted by Crippen LogP contribution is -2.44. The SMILES string of the molecule is CC1CCC(O)(CNC(=O)C=Cc2ccccc2Cl)CC1. The molecule has 4 heteroatoms. The van der Waals surface area contributed by atoms with Crippen molar-refractivity contribution in [2.75, 3.05) is 6.54 Å². The Labute approximate surface area is 131 Å².